The molecule has 2 atom stereocenters. The Morgan fingerprint density at radius 1 is 1.53 bits per heavy atom. The third-order valence-electron chi connectivity index (χ3n) is 3.37. The van der Waals surface area contributed by atoms with Crippen LogP contribution in [0.1, 0.15) is 40.0 Å². The molecule has 0 saturated heterocycles. The molecule has 0 aromatic rings. The van der Waals surface area contributed by atoms with Crippen molar-refractivity contribution in [3.05, 3.63) is 35.5 Å². The van der Waals surface area contributed by atoms with Crippen molar-refractivity contribution >= 4 is 17.5 Å². The molecule has 1 aliphatic carbocycles. The topological polar surface area (TPSA) is 40.9 Å². The number of ketones is 1. The second kappa shape index (κ2) is 8.01. The van der Waals surface area contributed by atoms with Gasteiger partial charge in [0.2, 0.25) is 0 Å². The van der Waals surface area contributed by atoms with Crippen molar-refractivity contribution in [1.82, 2.24) is 0 Å². The fourth-order valence-corrected chi connectivity index (χ4v) is 2.68. The van der Waals surface area contributed by atoms with Gasteiger partial charge in [-0.25, -0.2) is 0 Å². The van der Waals surface area contributed by atoms with Gasteiger partial charge in [-0.05, 0) is 37.4 Å². The fourth-order valence-electron chi connectivity index (χ4n) is 1.88. The van der Waals surface area contributed by atoms with Crippen LogP contribution >= 0.6 is 11.8 Å². The summed E-state index contributed by atoms with van der Waals surface area (Å²) in [6.07, 6.45) is 10.4. The number of allylic oxidation sites excluding steroid dienone is 6. The predicted octanol–water partition coefficient (Wildman–Crippen LogP) is 4.41. The molecule has 0 amide bonds. The lowest BCUT2D eigenvalue weighted by atomic mass is 9.97. The van der Waals surface area contributed by atoms with E-state index in [-0.39, 0.29) is 11.0 Å². The summed E-state index contributed by atoms with van der Waals surface area (Å²) in [4.78, 5) is 12.5. The molecule has 0 fully saturated rings. The van der Waals surface area contributed by atoms with Gasteiger partial charge in [-0.15, -0.1) is 0 Å². The van der Waals surface area contributed by atoms with Crippen molar-refractivity contribution in [2.75, 3.05) is 0 Å². The van der Waals surface area contributed by atoms with Crippen LogP contribution in [0.2, 0.25) is 0 Å². The number of Topliss-reactive ketones (excluding diaryl/α,β-unsaturated/α-hetero) is 1. The lowest BCUT2D eigenvalue weighted by Gasteiger charge is -2.16. The molecule has 0 heterocycles. The van der Waals surface area contributed by atoms with Crippen LogP contribution in [-0.4, -0.2) is 11.0 Å². The molecule has 0 aromatic carbocycles. The van der Waals surface area contributed by atoms with Crippen LogP contribution in [0, 0.1) is 16.6 Å². The average molecular weight is 275 g/mol. The van der Waals surface area contributed by atoms with Gasteiger partial charge in [0, 0.05) is 5.57 Å². The molecule has 0 aliphatic heterocycles. The molecule has 1 rings (SSSR count). The van der Waals surface area contributed by atoms with E-state index in [2.05, 4.69) is 26.2 Å². The number of hydrogen-bond donors (Lipinski definition) is 0. The number of rotatable bonds is 6. The monoisotopic (exact) mass is 275 g/mol. The van der Waals surface area contributed by atoms with Crippen LogP contribution in [0.3, 0.4) is 0 Å². The Kier molecular flexibility index (Phi) is 6.66. The van der Waals surface area contributed by atoms with E-state index in [9.17, 15) is 4.79 Å². The first kappa shape index (κ1) is 15.8. The first-order chi connectivity index (χ1) is 9.08. The molecule has 0 bridgehead atoms. The SMILES string of the molecule is CCC(C)CC(SC#N)C(=O)C1=CC=C(C)CC=C1. The highest BCUT2D eigenvalue weighted by Crippen LogP contribution is 2.25. The summed E-state index contributed by atoms with van der Waals surface area (Å²) in [6.45, 7) is 6.29. The summed E-state index contributed by atoms with van der Waals surface area (Å²) in [5.41, 5.74) is 1.96. The molecule has 2 unspecified atom stereocenters. The van der Waals surface area contributed by atoms with Gasteiger partial charge in [0.1, 0.15) is 5.40 Å². The third kappa shape index (κ3) is 5.08. The molecule has 0 aromatic heterocycles. The van der Waals surface area contributed by atoms with E-state index < -0.39 is 0 Å². The molecule has 102 valence electrons. The van der Waals surface area contributed by atoms with Crippen molar-refractivity contribution in [3.8, 4) is 5.40 Å². The summed E-state index contributed by atoms with van der Waals surface area (Å²) < 4.78 is 0. The van der Waals surface area contributed by atoms with E-state index in [1.54, 1.807) is 0 Å². The Bertz CT molecular complexity index is 454. The number of carbonyl (C=O) groups is 1. The van der Waals surface area contributed by atoms with Crippen molar-refractivity contribution in [2.24, 2.45) is 5.92 Å². The number of thioether (sulfide) groups is 1. The highest BCUT2D eigenvalue weighted by Gasteiger charge is 2.23. The average Bonchev–Trinajstić information content (AvgIpc) is 2.62. The molecule has 0 N–H and O–H groups in total. The summed E-state index contributed by atoms with van der Waals surface area (Å²) in [5.74, 6) is 0.538. The maximum absolute atomic E-state index is 12.5. The van der Waals surface area contributed by atoms with E-state index in [0.717, 1.165) is 31.0 Å². The third-order valence-corrected chi connectivity index (χ3v) is 4.17. The summed E-state index contributed by atoms with van der Waals surface area (Å²) in [5, 5.41) is 10.7. The van der Waals surface area contributed by atoms with Gasteiger partial charge in [-0.3, -0.25) is 4.79 Å². The maximum atomic E-state index is 12.5. The van der Waals surface area contributed by atoms with Gasteiger partial charge in [-0.1, -0.05) is 50.1 Å². The summed E-state index contributed by atoms with van der Waals surface area (Å²) in [6, 6.07) is 0. The zero-order valence-corrected chi connectivity index (χ0v) is 12.7. The quantitative estimate of drug-likeness (QED) is 0.674. The second-order valence-electron chi connectivity index (χ2n) is 5.05. The van der Waals surface area contributed by atoms with Gasteiger partial charge in [-0.2, -0.15) is 5.26 Å². The number of hydrogen-bond acceptors (Lipinski definition) is 3. The molecule has 3 heteroatoms. The van der Waals surface area contributed by atoms with Crippen molar-refractivity contribution in [3.63, 3.8) is 0 Å². The maximum Gasteiger partial charge on any atom is 0.176 e. The van der Waals surface area contributed by atoms with Crippen LogP contribution in [0.5, 0.6) is 0 Å². The minimum absolute atomic E-state index is 0.0778. The molecular formula is C16H21NOS. The van der Waals surface area contributed by atoms with E-state index in [1.807, 2.05) is 24.3 Å². The molecule has 0 radical (unpaired) electrons. The van der Waals surface area contributed by atoms with E-state index in [1.165, 1.54) is 5.57 Å². The van der Waals surface area contributed by atoms with Gasteiger partial charge in [0.15, 0.2) is 5.78 Å². The Labute approximate surface area is 120 Å². The molecule has 2 nitrogen and oxygen atoms in total. The molecule has 0 saturated carbocycles. The molecule has 19 heavy (non-hydrogen) atoms. The minimum Gasteiger partial charge on any atom is -0.293 e. The molecule has 1 aliphatic rings. The summed E-state index contributed by atoms with van der Waals surface area (Å²) in [7, 11) is 0. The van der Waals surface area contributed by atoms with Gasteiger partial charge >= 0.3 is 0 Å². The zero-order chi connectivity index (χ0) is 14.3. The van der Waals surface area contributed by atoms with E-state index in [0.29, 0.717) is 11.5 Å². The Balaban J connectivity index is 2.85. The van der Waals surface area contributed by atoms with Crippen LogP contribution in [-0.2, 0) is 4.79 Å². The normalized spacial score (nSPS) is 17.8. The van der Waals surface area contributed by atoms with Crippen LogP contribution in [0.4, 0.5) is 0 Å². The first-order valence-corrected chi connectivity index (χ1v) is 7.59. The van der Waals surface area contributed by atoms with Crippen molar-refractivity contribution in [2.45, 2.75) is 45.3 Å². The van der Waals surface area contributed by atoms with Gasteiger partial charge in [0.25, 0.3) is 0 Å². The highest BCUT2D eigenvalue weighted by molar-refractivity contribution is 8.05. The number of carbonyl (C=O) groups excluding carboxylic acids is 1. The van der Waals surface area contributed by atoms with Crippen LogP contribution in [0.15, 0.2) is 35.5 Å². The number of thiocyanates is 1. The largest absolute Gasteiger partial charge is 0.293 e. The lowest BCUT2D eigenvalue weighted by Crippen LogP contribution is -2.20. The summed E-state index contributed by atoms with van der Waals surface area (Å²) >= 11 is 1.09. The van der Waals surface area contributed by atoms with Crippen LogP contribution in [0.25, 0.3) is 0 Å². The second-order valence-corrected chi connectivity index (χ2v) is 6.04. The zero-order valence-electron chi connectivity index (χ0n) is 11.8. The van der Waals surface area contributed by atoms with E-state index in [4.69, 9.17) is 5.26 Å². The Morgan fingerprint density at radius 2 is 2.26 bits per heavy atom. The van der Waals surface area contributed by atoms with Gasteiger partial charge < -0.3 is 0 Å². The van der Waals surface area contributed by atoms with Crippen LogP contribution < -0.4 is 0 Å². The molecule has 0 spiro atoms. The minimum atomic E-state index is -0.248. The number of nitriles is 1. The first-order valence-electron chi connectivity index (χ1n) is 6.71. The smallest absolute Gasteiger partial charge is 0.176 e. The highest BCUT2D eigenvalue weighted by atomic mass is 32.2. The van der Waals surface area contributed by atoms with Crippen molar-refractivity contribution in [1.29, 1.82) is 5.26 Å². The lowest BCUT2D eigenvalue weighted by molar-refractivity contribution is -0.115. The predicted molar refractivity (Wildman–Crippen MR) is 81.7 cm³/mol. The van der Waals surface area contributed by atoms with Crippen molar-refractivity contribution < 1.29 is 4.79 Å². The van der Waals surface area contributed by atoms with E-state index >= 15 is 0 Å². The standard InChI is InChI=1S/C16H21NOS/c1-4-12(2)10-15(19-11-17)16(18)14-7-5-6-13(3)8-9-14/h5,7-9,12,15H,4,6,10H2,1-3H3. The Hall–Kier alpha value is -1.27. The Morgan fingerprint density at radius 3 is 2.89 bits per heavy atom. The fraction of sp³-hybridized carbons (Fsp3) is 0.500. The van der Waals surface area contributed by atoms with Gasteiger partial charge in [0.05, 0.1) is 5.25 Å². The number of nitrogens with zero attached hydrogens (tertiary/aromatic N) is 1. The molecular weight excluding hydrogens is 254 g/mol.